The fraction of sp³-hybridized carbons (Fsp3) is 0.556. The minimum atomic E-state index is -3.59. The lowest BCUT2D eigenvalue weighted by Gasteiger charge is -2.36. The molecule has 2 aliphatic rings. The summed E-state index contributed by atoms with van der Waals surface area (Å²) in [5.41, 5.74) is 0.350. The van der Waals surface area contributed by atoms with Crippen LogP contribution in [0.5, 0.6) is 0 Å². The maximum absolute atomic E-state index is 13.1. The molecule has 0 radical (unpaired) electrons. The van der Waals surface area contributed by atoms with Crippen LogP contribution in [-0.2, 0) is 14.8 Å². The number of rotatable bonds is 4. The number of nitrogens with zero attached hydrogens (tertiary/aromatic N) is 2. The van der Waals surface area contributed by atoms with Crippen molar-refractivity contribution in [1.82, 2.24) is 9.80 Å². The van der Waals surface area contributed by atoms with Crippen LogP contribution in [0.15, 0.2) is 18.2 Å². The van der Waals surface area contributed by atoms with Crippen LogP contribution in [-0.4, -0.2) is 61.5 Å². The summed E-state index contributed by atoms with van der Waals surface area (Å²) in [7, 11) is -3.59. The molecule has 0 saturated carbocycles. The molecule has 2 atom stereocenters. The van der Waals surface area contributed by atoms with Gasteiger partial charge in [-0.2, -0.15) is 0 Å². The highest BCUT2D eigenvalue weighted by atomic mass is 35.5. The second kappa shape index (κ2) is 8.57. The zero-order valence-electron chi connectivity index (χ0n) is 15.3. The minimum absolute atomic E-state index is 0.134. The highest BCUT2D eigenvalue weighted by Gasteiger charge is 2.38. The Labute approximate surface area is 174 Å². The van der Waals surface area contributed by atoms with Crippen LogP contribution in [0.2, 0.25) is 10.0 Å². The molecule has 3 rings (SSSR count). The van der Waals surface area contributed by atoms with Crippen molar-refractivity contribution in [2.45, 2.75) is 31.7 Å². The van der Waals surface area contributed by atoms with Gasteiger partial charge in [0, 0.05) is 35.2 Å². The lowest BCUT2D eigenvalue weighted by Crippen LogP contribution is -2.51. The maximum atomic E-state index is 13.1. The molecule has 2 N–H and O–H groups in total. The van der Waals surface area contributed by atoms with Crippen molar-refractivity contribution in [3.05, 3.63) is 33.8 Å². The first-order valence-electron chi connectivity index (χ1n) is 9.20. The van der Waals surface area contributed by atoms with E-state index in [1.165, 1.54) is 0 Å². The Balaban J connectivity index is 1.73. The SMILES string of the molecule is NS(=O)(=O)C[C@@H]1CCCN(C(=O)[C@@H]2CCCN2C(=O)c2cc(Cl)cc(Cl)c2)C1. The number of hydrogen-bond acceptors (Lipinski definition) is 4. The number of benzene rings is 1. The normalized spacial score (nSPS) is 23.1. The van der Waals surface area contributed by atoms with Gasteiger partial charge >= 0.3 is 0 Å². The summed E-state index contributed by atoms with van der Waals surface area (Å²) in [6, 6.07) is 4.07. The van der Waals surface area contributed by atoms with Gasteiger partial charge in [0.05, 0.1) is 5.75 Å². The number of piperidine rings is 1. The number of nitrogens with two attached hydrogens (primary N) is 1. The monoisotopic (exact) mass is 447 g/mol. The lowest BCUT2D eigenvalue weighted by atomic mass is 9.99. The fourth-order valence-electron chi connectivity index (χ4n) is 4.05. The number of likely N-dealkylation sites (tertiary alicyclic amines) is 2. The van der Waals surface area contributed by atoms with Gasteiger partial charge in [0.25, 0.3) is 5.91 Å². The number of hydrogen-bond donors (Lipinski definition) is 1. The van der Waals surface area contributed by atoms with Crippen LogP contribution in [0.4, 0.5) is 0 Å². The van der Waals surface area contributed by atoms with E-state index in [-0.39, 0.29) is 23.5 Å². The standard InChI is InChI=1S/C18H23Cl2N3O4S/c19-14-7-13(8-15(20)9-14)17(24)23-6-2-4-16(23)18(25)22-5-1-3-12(10-22)11-28(21,26)27/h7-9,12,16H,1-6,10-11H2,(H2,21,26,27)/t12-,16+/m1/s1. The summed E-state index contributed by atoms with van der Waals surface area (Å²) in [6.07, 6.45) is 2.74. The molecule has 2 amide bonds. The van der Waals surface area contributed by atoms with E-state index in [0.717, 1.165) is 12.8 Å². The molecule has 2 aliphatic heterocycles. The van der Waals surface area contributed by atoms with E-state index in [0.29, 0.717) is 48.1 Å². The van der Waals surface area contributed by atoms with Crippen LogP contribution < -0.4 is 5.14 Å². The van der Waals surface area contributed by atoms with E-state index in [9.17, 15) is 18.0 Å². The van der Waals surface area contributed by atoms with Crippen molar-refractivity contribution in [3.8, 4) is 0 Å². The van der Waals surface area contributed by atoms with Crippen molar-refractivity contribution in [1.29, 1.82) is 0 Å². The third-order valence-corrected chi connectivity index (χ3v) is 6.58. The van der Waals surface area contributed by atoms with Crippen molar-refractivity contribution in [2.24, 2.45) is 11.1 Å². The molecule has 2 fully saturated rings. The summed E-state index contributed by atoms with van der Waals surface area (Å²) >= 11 is 12.0. The molecule has 1 aromatic rings. The summed E-state index contributed by atoms with van der Waals surface area (Å²) in [5, 5.41) is 5.88. The summed E-state index contributed by atoms with van der Waals surface area (Å²) in [5.74, 6) is -0.730. The van der Waals surface area contributed by atoms with Gasteiger partial charge in [-0.1, -0.05) is 23.2 Å². The van der Waals surface area contributed by atoms with E-state index in [4.69, 9.17) is 28.3 Å². The van der Waals surface area contributed by atoms with Crippen molar-refractivity contribution in [2.75, 3.05) is 25.4 Å². The van der Waals surface area contributed by atoms with Crippen LogP contribution in [0.1, 0.15) is 36.0 Å². The molecule has 1 aromatic carbocycles. The molecule has 0 aromatic heterocycles. The average Bonchev–Trinajstić information content (AvgIpc) is 3.08. The molecule has 0 aliphatic carbocycles. The first kappa shape index (κ1) is 21.4. The number of amides is 2. The Kier molecular flexibility index (Phi) is 6.54. The zero-order chi connectivity index (χ0) is 20.5. The van der Waals surface area contributed by atoms with E-state index >= 15 is 0 Å². The number of carbonyl (C=O) groups excluding carboxylic acids is 2. The zero-order valence-corrected chi connectivity index (χ0v) is 17.6. The molecule has 154 valence electrons. The first-order chi connectivity index (χ1) is 13.1. The second-order valence-corrected chi connectivity index (χ2v) is 9.97. The van der Waals surface area contributed by atoms with E-state index in [2.05, 4.69) is 0 Å². The van der Waals surface area contributed by atoms with Gasteiger partial charge < -0.3 is 9.80 Å². The Morgan fingerprint density at radius 3 is 2.36 bits per heavy atom. The summed E-state index contributed by atoms with van der Waals surface area (Å²) in [6.45, 7) is 1.38. The number of carbonyl (C=O) groups is 2. The molecule has 0 spiro atoms. The number of primary sulfonamides is 1. The molecule has 7 nitrogen and oxygen atoms in total. The Morgan fingerprint density at radius 1 is 1.07 bits per heavy atom. The van der Waals surface area contributed by atoms with Gasteiger partial charge in [-0.3, -0.25) is 9.59 Å². The van der Waals surface area contributed by atoms with Gasteiger partial charge in [-0.15, -0.1) is 0 Å². The van der Waals surface area contributed by atoms with Gasteiger partial charge in [0.1, 0.15) is 6.04 Å². The Bertz CT molecular complexity index is 857. The Morgan fingerprint density at radius 2 is 1.71 bits per heavy atom. The average molecular weight is 448 g/mol. The predicted molar refractivity (Wildman–Crippen MR) is 108 cm³/mol. The topological polar surface area (TPSA) is 101 Å². The van der Waals surface area contributed by atoms with Crippen LogP contribution >= 0.6 is 23.2 Å². The predicted octanol–water partition coefficient (Wildman–Crippen LogP) is 2.13. The van der Waals surface area contributed by atoms with Crippen molar-refractivity contribution < 1.29 is 18.0 Å². The molecule has 10 heteroatoms. The van der Waals surface area contributed by atoms with Crippen LogP contribution in [0.3, 0.4) is 0 Å². The third-order valence-electron chi connectivity index (χ3n) is 5.21. The lowest BCUT2D eigenvalue weighted by molar-refractivity contribution is -0.137. The molecular formula is C18H23Cl2N3O4S. The second-order valence-electron chi connectivity index (χ2n) is 7.44. The van der Waals surface area contributed by atoms with E-state index < -0.39 is 16.1 Å². The highest BCUT2D eigenvalue weighted by Crippen LogP contribution is 2.27. The summed E-state index contributed by atoms with van der Waals surface area (Å²) < 4.78 is 22.8. The maximum Gasteiger partial charge on any atom is 0.254 e. The molecule has 0 unspecified atom stereocenters. The minimum Gasteiger partial charge on any atom is -0.341 e. The quantitative estimate of drug-likeness (QED) is 0.763. The van der Waals surface area contributed by atoms with Crippen molar-refractivity contribution in [3.63, 3.8) is 0 Å². The Hall–Kier alpha value is -1.35. The van der Waals surface area contributed by atoms with Gasteiger partial charge in [-0.05, 0) is 49.8 Å². The molecule has 28 heavy (non-hydrogen) atoms. The van der Waals surface area contributed by atoms with Gasteiger partial charge in [0.15, 0.2) is 0 Å². The third kappa shape index (κ3) is 5.17. The molecule has 2 saturated heterocycles. The van der Waals surface area contributed by atoms with Crippen molar-refractivity contribution >= 4 is 45.0 Å². The van der Waals surface area contributed by atoms with E-state index in [1.807, 2.05) is 0 Å². The number of halogens is 2. The van der Waals surface area contributed by atoms with Crippen LogP contribution in [0, 0.1) is 5.92 Å². The summed E-state index contributed by atoms with van der Waals surface area (Å²) in [4.78, 5) is 29.3. The van der Waals surface area contributed by atoms with E-state index in [1.54, 1.807) is 28.0 Å². The number of sulfonamides is 1. The molecule has 2 heterocycles. The smallest absolute Gasteiger partial charge is 0.254 e. The molecule has 0 bridgehead atoms. The molecular weight excluding hydrogens is 425 g/mol. The van der Waals surface area contributed by atoms with Crippen LogP contribution in [0.25, 0.3) is 0 Å². The first-order valence-corrected chi connectivity index (χ1v) is 11.7. The fourth-order valence-corrected chi connectivity index (χ4v) is 5.51. The highest BCUT2D eigenvalue weighted by molar-refractivity contribution is 7.89. The van der Waals surface area contributed by atoms with Gasteiger partial charge in [0.2, 0.25) is 15.9 Å². The van der Waals surface area contributed by atoms with Gasteiger partial charge in [-0.25, -0.2) is 13.6 Å². The largest absolute Gasteiger partial charge is 0.341 e.